The van der Waals surface area contributed by atoms with Gasteiger partial charge in [0.1, 0.15) is 4.75 Å². The molecule has 1 heterocycles. The fourth-order valence-corrected chi connectivity index (χ4v) is 5.31. The molecule has 2 fully saturated rings. The average molecular weight is 433 g/mol. The van der Waals surface area contributed by atoms with E-state index in [1.807, 2.05) is 18.2 Å². The molecule has 5 rings (SSSR count). The van der Waals surface area contributed by atoms with Gasteiger partial charge in [0.05, 0.1) is 5.69 Å². The molecule has 0 bridgehead atoms. The minimum Gasteiger partial charge on any atom is -0.480 e. The molecule has 0 unspecified atom stereocenters. The van der Waals surface area contributed by atoms with Crippen LogP contribution in [0.25, 0.3) is 16.5 Å². The summed E-state index contributed by atoms with van der Waals surface area (Å²) in [6.45, 7) is 0. The highest BCUT2D eigenvalue weighted by Crippen LogP contribution is 2.49. The fourth-order valence-electron chi connectivity index (χ4n) is 4.02. The van der Waals surface area contributed by atoms with Gasteiger partial charge in [-0.3, -0.25) is 9.36 Å². The number of rotatable bonds is 5. The fraction of sp³-hybridized carbons (Fsp3) is 0.381. The number of carboxylic acids is 1. The Labute approximate surface area is 174 Å². The molecular formula is C21H18F3N3O2S. The summed E-state index contributed by atoms with van der Waals surface area (Å²) in [5, 5.41) is 18.4. The van der Waals surface area contributed by atoms with Crippen molar-refractivity contribution in [3.8, 4) is 5.69 Å². The van der Waals surface area contributed by atoms with Crippen LogP contribution < -0.4 is 0 Å². The number of hydrogen-bond acceptors (Lipinski definition) is 4. The van der Waals surface area contributed by atoms with Gasteiger partial charge in [-0.25, -0.2) is 0 Å². The number of hydrogen-bond donors (Lipinski definition) is 1. The summed E-state index contributed by atoms with van der Waals surface area (Å²) < 4.78 is 41.2. The number of thioether (sulfide) groups is 1. The molecule has 3 aromatic rings. The molecule has 1 aromatic heterocycles. The third kappa shape index (κ3) is 3.07. The largest absolute Gasteiger partial charge is 0.480 e. The standard InChI is InChI=1S/C21H18F3N3O2S/c22-21(23,24)17-25-26-19(30-20(18(28)29)10-3-11-20)27(17)16-9-8-13(12-6-7-12)14-4-1-2-5-15(14)16/h1-2,4-5,8-9,12H,3,6-7,10-11H2,(H,28,29). The predicted molar refractivity (Wildman–Crippen MR) is 106 cm³/mol. The van der Waals surface area contributed by atoms with Gasteiger partial charge in [-0.1, -0.05) is 42.1 Å². The van der Waals surface area contributed by atoms with Gasteiger partial charge >= 0.3 is 12.1 Å². The number of carboxylic acid groups (broad SMARTS) is 1. The molecule has 30 heavy (non-hydrogen) atoms. The molecule has 0 amide bonds. The molecule has 2 aliphatic rings. The molecule has 156 valence electrons. The van der Waals surface area contributed by atoms with Gasteiger partial charge in [0.2, 0.25) is 5.82 Å². The minimum absolute atomic E-state index is 0.0475. The van der Waals surface area contributed by atoms with Crippen molar-refractivity contribution in [3.05, 3.63) is 47.8 Å². The maximum Gasteiger partial charge on any atom is 0.452 e. The molecule has 9 heteroatoms. The van der Waals surface area contributed by atoms with Crippen LogP contribution in [-0.2, 0) is 11.0 Å². The Balaban J connectivity index is 1.71. The Hall–Kier alpha value is -2.55. The molecule has 5 nitrogen and oxygen atoms in total. The second-order valence-electron chi connectivity index (χ2n) is 7.89. The highest BCUT2D eigenvalue weighted by atomic mass is 32.2. The Morgan fingerprint density at radius 1 is 1.10 bits per heavy atom. The quantitative estimate of drug-likeness (QED) is 0.582. The van der Waals surface area contributed by atoms with Crippen LogP contribution in [0.4, 0.5) is 13.2 Å². The number of carbonyl (C=O) groups is 1. The van der Waals surface area contributed by atoms with Crippen molar-refractivity contribution >= 4 is 28.5 Å². The van der Waals surface area contributed by atoms with E-state index in [9.17, 15) is 23.1 Å². The number of halogens is 3. The highest BCUT2D eigenvalue weighted by molar-refractivity contribution is 8.01. The maximum atomic E-state index is 13.8. The first-order valence-electron chi connectivity index (χ1n) is 9.77. The molecule has 2 aliphatic carbocycles. The Bertz CT molecular complexity index is 1150. The highest BCUT2D eigenvalue weighted by Gasteiger charge is 2.48. The van der Waals surface area contributed by atoms with Crippen molar-refractivity contribution in [2.24, 2.45) is 0 Å². The van der Waals surface area contributed by atoms with Crippen LogP contribution in [0.15, 0.2) is 41.6 Å². The van der Waals surface area contributed by atoms with E-state index in [1.54, 1.807) is 18.2 Å². The zero-order valence-electron chi connectivity index (χ0n) is 15.8. The van der Waals surface area contributed by atoms with Crippen LogP contribution in [-0.4, -0.2) is 30.6 Å². The third-order valence-corrected chi connectivity index (χ3v) is 7.34. The summed E-state index contributed by atoms with van der Waals surface area (Å²) in [6.07, 6.45) is -1.07. The van der Waals surface area contributed by atoms with Crippen LogP contribution in [0.5, 0.6) is 0 Å². The van der Waals surface area contributed by atoms with Gasteiger partial charge in [0.25, 0.3) is 0 Å². The number of aliphatic carboxylic acids is 1. The normalized spacial score (nSPS) is 18.4. The second-order valence-corrected chi connectivity index (χ2v) is 9.24. The van der Waals surface area contributed by atoms with E-state index in [2.05, 4.69) is 10.2 Å². The molecule has 0 spiro atoms. The number of benzene rings is 2. The number of nitrogens with zero attached hydrogens (tertiary/aromatic N) is 3. The van der Waals surface area contributed by atoms with Gasteiger partial charge in [0.15, 0.2) is 5.16 Å². The summed E-state index contributed by atoms with van der Waals surface area (Å²) in [4.78, 5) is 11.8. The van der Waals surface area contributed by atoms with Crippen LogP contribution in [0.1, 0.15) is 49.4 Å². The lowest BCUT2D eigenvalue weighted by atomic mass is 9.84. The van der Waals surface area contributed by atoms with Gasteiger partial charge in [-0.05, 0) is 55.0 Å². The van der Waals surface area contributed by atoms with Crippen molar-refractivity contribution in [1.82, 2.24) is 14.8 Å². The summed E-state index contributed by atoms with van der Waals surface area (Å²) in [7, 11) is 0. The van der Waals surface area contributed by atoms with E-state index in [4.69, 9.17) is 0 Å². The smallest absolute Gasteiger partial charge is 0.452 e. The zero-order valence-corrected chi connectivity index (χ0v) is 16.6. The van der Waals surface area contributed by atoms with E-state index in [0.717, 1.165) is 46.5 Å². The van der Waals surface area contributed by atoms with Crippen LogP contribution >= 0.6 is 11.8 Å². The van der Waals surface area contributed by atoms with E-state index < -0.39 is 22.7 Å². The van der Waals surface area contributed by atoms with Crippen LogP contribution in [0.2, 0.25) is 0 Å². The van der Waals surface area contributed by atoms with Gasteiger partial charge < -0.3 is 5.11 Å². The Kier molecular flexibility index (Phi) is 4.36. The SMILES string of the molecule is O=C(O)C1(Sc2nnc(C(F)(F)F)n2-c2ccc(C3CC3)c3ccccc23)CCC1. The zero-order chi connectivity index (χ0) is 21.1. The summed E-state index contributed by atoms with van der Waals surface area (Å²) >= 11 is 0.866. The first-order valence-corrected chi connectivity index (χ1v) is 10.6. The summed E-state index contributed by atoms with van der Waals surface area (Å²) in [5.41, 5.74) is 1.45. The maximum absolute atomic E-state index is 13.8. The molecule has 2 aromatic carbocycles. The van der Waals surface area contributed by atoms with Crippen molar-refractivity contribution < 1.29 is 23.1 Å². The van der Waals surface area contributed by atoms with Gasteiger partial charge in [-0.15, -0.1) is 10.2 Å². The topological polar surface area (TPSA) is 68.0 Å². The van der Waals surface area contributed by atoms with E-state index in [1.165, 1.54) is 0 Å². The van der Waals surface area contributed by atoms with Crippen LogP contribution in [0.3, 0.4) is 0 Å². The second kappa shape index (κ2) is 6.73. The van der Waals surface area contributed by atoms with Gasteiger partial charge in [0, 0.05) is 5.39 Å². The lowest BCUT2D eigenvalue weighted by molar-refractivity contribution is -0.146. The van der Waals surface area contributed by atoms with E-state index in [-0.39, 0.29) is 5.16 Å². The minimum atomic E-state index is -4.72. The molecular weight excluding hydrogens is 415 g/mol. The van der Waals surface area contributed by atoms with Crippen molar-refractivity contribution in [1.29, 1.82) is 0 Å². The first-order chi connectivity index (χ1) is 14.3. The van der Waals surface area contributed by atoms with Crippen molar-refractivity contribution in [2.45, 2.75) is 54.1 Å². The molecule has 0 radical (unpaired) electrons. The van der Waals surface area contributed by atoms with Crippen LogP contribution in [0, 0.1) is 0 Å². The lowest BCUT2D eigenvalue weighted by Gasteiger charge is -2.36. The van der Waals surface area contributed by atoms with Crippen molar-refractivity contribution in [3.63, 3.8) is 0 Å². The lowest BCUT2D eigenvalue weighted by Crippen LogP contribution is -2.42. The first kappa shape index (κ1) is 19.4. The average Bonchev–Trinajstić information content (AvgIpc) is 3.42. The number of alkyl halides is 3. The summed E-state index contributed by atoms with van der Waals surface area (Å²) in [5.74, 6) is -1.74. The Morgan fingerprint density at radius 3 is 2.37 bits per heavy atom. The van der Waals surface area contributed by atoms with Gasteiger partial charge in [-0.2, -0.15) is 13.2 Å². The molecule has 1 N–H and O–H groups in total. The molecule has 0 atom stereocenters. The predicted octanol–water partition coefficient (Wildman–Crippen LogP) is 5.42. The third-order valence-electron chi connectivity index (χ3n) is 5.92. The van der Waals surface area contributed by atoms with Crippen molar-refractivity contribution in [2.75, 3.05) is 0 Å². The summed E-state index contributed by atoms with van der Waals surface area (Å²) in [6, 6.07) is 10.9. The molecule has 2 saturated carbocycles. The number of aromatic nitrogens is 3. The monoisotopic (exact) mass is 433 g/mol. The molecule has 0 saturated heterocycles. The number of fused-ring (bicyclic) bond motifs is 1. The Morgan fingerprint density at radius 2 is 1.80 bits per heavy atom. The van der Waals surface area contributed by atoms with E-state index in [0.29, 0.717) is 29.8 Å². The van der Waals surface area contributed by atoms with E-state index >= 15 is 0 Å². The molecule has 0 aliphatic heterocycles.